The number of hydrogen-bond acceptors (Lipinski definition) is 3. The first-order valence-electron chi connectivity index (χ1n) is 12.0. The van der Waals surface area contributed by atoms with E-state index in [9.17, 15) is 9.90 Å². The van der Waals surface area contributed by atoms with Crippen LogP contribution in [-0.4, -0.2) is 16.1 Å². The molecule has 0 aliphatic carbocycles. The molecule has 1 aromatic heterocycles. The molecular formula is C31H29NO3. The van der Waals surface area contributed by atoms with Gasteiger partial charge >= 0.3 is 5.97 Å². The van der Waals surface area contributed by atoms with Crippen LogP contribution in [0.2, 0.25) is 0 Å². The van der Waals surface area contributed by atoms with Crippen LogP contribution in [0.1, 0.15) is 61.1 Å². The zero-order valence-corrected chi connectivity index (χ0v) is 20.4. The highest BCUT2D eigenvalue weighted by molar-refractivity contribution is 6.12. The van der Waals surface area contributed by atoms with E-state index in [2.05, 4.69) is 32.7 Å². The average Bonchev–Trinajstić information content (AvgIpc) is 3.23. The second-order valence-corrected chi connectivity index (χ2v) is 9.56. The van der Waals surface area contributed by atoms with Crippen molar-refractivity contribution in [2.75, 3.05) is 0 Å². The number of phenolic OH excluding ortho intramolecular Hbond substituents is 1. The summed E-state index contributed by atoms with van der Waals surface area (Å²) in [6, 6.07) is 25.1. The van der Waals surface area contributed by atoms with Crippen LogP contribution < -0.4 is 4.74 Å². The molecule has 0 atom stereocenters. The summed E-state index contributed by atoms with van der Waals surface area (Å²) in [5, 5.41) is 14.4. The molecule has 0 radical (unpaired) electrons. The zero-order valence-electron chi connectivity index (χ0n) is 20.4. The van der Waals surface area contributed by atoms with E-state index in [0.29, 0.717) is 11.3 Å². The third-order valence-corrected chi connectivity index (χ3v) is 6.55. The van der Waals surface area contributed by atoms with Gasteiger partial charge in [0.1, 0.15) is 17.1 Å². The van der Waals surface area contributed by atoms with Crippen LogP contribution in [0.5, 0.6) is 11.5 Å². The monoisotopic (exact) mass is 463 g/mol. The fourth-order valence-electron chi connectivity index (χ4n) is 4.82. The molecule has 2 N–H and O–H groups in total. The van der Waals surface area contributed by atoms with Gasteiger partial charge in [-0.15, -0.1) is 0 Å². The predicted octanol–water partition coefficient (Wildman–Crippen LogP) is 8.16. The second kappa shape index (κ2) is 8.95. The van der Waals surface area contributed by atoms with Gasteiger partial charge in [-0.1, -0.05) is 88.4 Å². The van der Waals surface area contributed by atoms with Crippen molar-refractivity contribution in [1.29, 1.82) is 0 Å². The number of ether oxygens (including phenoxy) is 1. The number of para-hydroxylation sites is 2. The highest BCUT2D eigenvalue weighted by Gasteiger charge is 2.26. The van der Waals surface area contributed by atoms with E-state index in [4.69, 9.17) is 4.74 Å². The minimum absolute atomic E-state index is 0.0672. The van der Waals surface area contributed by atoms with E-state index in [0.717, 1.165) is 38.5 Å². The maximum absolute atomic E-state index is 13.5. The first-order chi connectivity index (χ1) is 16.9. The maximum Gasteiger partial charge on any atom is 0.347 e. The smallest absolute Gasteiger partial charge is 0.347 e. The zero-order chi connectivity index (χ0) is 24.7. The fourth-order valence-corrected chi connectivity index (χ4v) is 4.82. The molecule has 5 aromatic rings. The Balaban J connectivity index is 1.75. The van der Waals surface area contributed by atoms with Gasteiger partial charge in [0.15, 0.2) is 0 Å². The number of esters is 1. The summed E-state index contributed by atoms with van der Waals surface area (Å²) < 4.78 is 5.85. The lowest BCUT2D eigenvalue weighted by Gasteiger charge is -2.17. The number of carbonyl (C=O) groups is 1. The summed E-state index contributed by atoms with van der Waals surface area (Å²) in [5.74, 6) is 0.246. The van der Waals surface area contributed by atoms with Crippen molar-refractivity contribution in [3.8, 4) is 22.6 Å². The molecule has 0 fully saturated rings. The molecular weight excluding hydrogens is 434 g/mol. The molecule has 4 nitrogen and oxygen atoms in total. The number of aromatic nitrogens is 1. The molecule has 5 rings (SSSR count). The topological polar surface area (TPSA) is 62.3 Å². The van der Waals surface area contributed by atoms with Crippen LogP contribution in [0.4, 0.5) is 0 Å². The van der Waals surface area contributed by atoms with Crippen LogP contribution in [0, 0.1) is 0 Å². The molecule has 176 valence electrons. The number of phenols is 1. The van der Waals surface area contributed by atoms with E-state index in [1.54, 1.807) is 12.1 Å². The summed E-state index contributed by atoms with van der Waals surface area (Å²) in [4.78, 5) is 17.0. The van der Waals surface area contributed by atoms with Crippen molar-refractivity contribution in [2.45, 2.75) is 39.5 Å². The Bertz CT molecular complexity index is 1560. The van der Waals surface area contributed by atoms with Gasteiger partial charge in [-0.05, 0) is 46.4 Å². The van der Waals surface area contributed by atoms with Crippen molar-refractivity contribution < 1.29 is 14.6 Å². The number of benzene rings is 4. The molecule has 0 saturated heterocycles. The summed E-state index contributed by atoms with van der Waals surface area (Å²) in [7, 11) is 0. The van der Waals surface area contributed by atoms with Gasteiger partial charge < -0.3 is 14.8 Å². The molecule has 4 heteroatoms. The molecule has 0 saturated carbocycles. The molecule has 4 aromatic carbocycles. The second-order valence-electron chi connectivity index (χ2n) is 9.56. The lowest BCUT2D eigenvalue weighted by atomic mass is 9.90. The Labute approximate surface area is 205 Å². The standard InChI is InChI=1S/C31H29NO3/c1-18(2)21-12-8-10-16-26(21)35-31(34)24-17-20-11-5-6-13-22(20)28(30(24)33)27-23-14-7-9-15-25(23)32-29(27)19(3)4/h5-19,32-33H,1-4H3. The third-order valence-electron chi connectivity index (χ3n) is 6.55. The third kappa shape index (κ3) is 3.95. The van der Waals surface area contributed by atoms with E-state index in [1.807, 2.05) is 66.7 Å². The molecule has 0 aliphatic heterocycles. The number of rotatable bonds is 5. The van der Waals surface area contributed by atoms with Crippen molar-refractivity contribution in [3.63, 3.8) is 0 Å². The van der Waals surface area contributed by atoms with Gasteiger partial charge in [-0.25, -0.2) is 4.79 Å². The van der Waals surface area contributed by atoms with E-state index in [1.165, 1.54) is 0 Å². The quantitative estimate of drug-likeness (QED) is 0.204. The number of aromatic hydroxyl groups is 1. The Kier molecular flexibility index (Phi) is 5.81. The van der Waals surface area contributed by atoms with Crippen molar-refractivity contribution in [1.82, 2.24) is 4.98 Å². The highest BCUT2D eigenvalue weighted by Crippen LogP contribution is 2.46. The van der Waals surface area contributed by atoms with Gasteiger partial charge in [0.2, 0.25) is 0 Å². The Morgan fingerprint density at radius 1 is 0.800 bits per heavy atom. The molecule has 0 amide bonds. The highest BCUT2D eigenvalue weighted by atomic mass is 16.5. The van der Waals surface area contributed by atoms with Crippen LogP contribution >= 0.6 is 0 Å². The maximum atomic E-state index is 13.5. The molecule has 0 bridgehead atoms. The number of aromatic amines is 1. The van der Waals surface area contributed by atoms with Crippen LogP contribution in [0.3, 0.4) is 0 Å². The van der Waals surface area contributed by atoms with Gasteiger partial charge in [0.25, 0.3) is 0 Å². The first kappa shape index (κ1) is 22.7. The number of nitrogens with one attached hydrogen (secondary N) is 1. The number of H-pyrrole nitrogens is 1. The van der Waals surface area contributed by atoms with Crippen molar-refractivity contribution in [2.24, 2.45) is 0 Å². The van der Waals surface area contributed by atoms with Crippen molar-refractivity contribution >= 4 is 27.6 Å². The predicted molar refractivity (Wildman–Crippen MR) is 142 cm³/mol. The molecule has 0 spiro atoms. The fraction of sp³-hybridized carbons (Fsp3) is 0.194. The molecule has 0 aliphatic rings. The normalized spacial score (nSPS) is 11.6. The summed E-state index contributed by atoms with van der Waals surface area (Å²) in [5.41, 5.74) is 4.67. The van der Waals surface area contributed by atoms with Gasteiger partial charge in [0, 0.05) is 27.7 Å². The summed E-state index contributed by atoms with van der Waals surface area (Å²) >= 11 is 0. The van der Waals surface area contributed by atoms with Crippen molar-refractivity contribution in [3.05, 3.63) is 95.7 Å². The van der Waals surface area contributed by atoms with Crippen LogP contribution in [0.15, 0.2) is 78.9 Å². The lowest BCUT2D eigenvalue weighted by Crippen LogP contribution is -2.11. The SMILES string of the molecule is CC(C)c1ccccc1OC(=O)c1cc2ccccc2c(-c2c(C(C)C)[nH]c3ccccc23)c1O. The summed E-state index contributed by atoms with van der Waals surface area (Å²) in [6.45, 7) is 8.36. The average molecular weight is 464 g/mol. The van der Waals surface area contributed by atoms with E-state index >= 15 is 0 Å². The number of fused-ring (bicyclic) bond motifs is 2. The molecule has 1 heterocycles. The Morgan fingerprint density at radius 3 is 2.20 bits per heavy atom. The van der Waals surface area contributed by atoms with Gasteiger partial charge in [0.05, 0.1) is 0 Å². The van der Waals surface area contributed by atoms with E-state index in [-0.39, 0.29) is 23.1 Å². The first-order valence-corrected chi connectivity index (χ1v) is 12.0. The Hall–Kier alpha value is -4.05. The van der Waals surface area contributed by atoms with Crippen LogP contribution in [-0.2, 0) is 0 Å². The summed E-state index contributed by atoms with van der Waals surface area (Å²) in [6.07, 6.45) is 0. The molecule has 0 unspecified atom stereocenters. The number of carbonyl (C=O) groups excluding carboxylic acids is 1. The molecule has 35 heavy (non-hydrogen) atoms. The minimum Gasteiger partial charge on any atom is -0.506 e. The Morgan fingerprint density at radius 2 is 1.46 bits per heavy atom. The largest absolute Gasteiger partial charge is 0.506 e. The van der Waals surface area contributed by atoms with E-state index < -0.39 is 5.97 Å². The minimum atomic E-state index is -0.575. The van der Waals surface area contributed by atoms with Crippen LogP contribution in [0.25, 0.3) is 32.8 Å². The number of hydrogen-bond donors (Lipinski definition) is 2. The van der Waals surface area contributed by atoms with Gasteiger partial charge in [-0.3, -0.25) is 0 Å². The lowest BCUT2D eigenvalue weighted by molar-refractivity contribution is 0.0730. The van der Waals surface area contributed by atoms with Gasteiger partial charge in [-0.2, -0.15) is 0 Å².